The Labute approximate surface area is 89.5 Å². The fourth-order valence-corrected chi connectivity index (χ4v) is 1.44. The van der Waals surface area contributed by atoms with Gasteiger partial charge in [-0.15, -0.1) is 0 Å². The van der Waals surface area contributed by atoms with Gasteiger partial charge in [0.25, 0.3) is 0 Å². The minimum atomic E-state index is 0.701. The lowest BCUT2D eigenvalue weighted by molar-refractivity contribution is 0.340. The van der Waals surface area contributed by atoms with Gasteiger partial charge in [-0.1, -0.05) is 12.1 Å². The van der Waals surface area contributed by atoms with Crippen molar-refractivity contribution in [3.8, 4) is 5.75 Å². The predicted molar refractivity (Wildman–Crippen MR) is 58.0 cm³/mol. The minimum absolute atomic E-state index is 0.701. The lowest BCUT2D eigenvalue weighted by atomic mass is 10.1. The molecule has 0 saturated heterocycles. The Kier molecular flexibility index (Phi) is 3.08. The van der Waals surface area contributed by atoms with Crippen LogP contribution in [0, 0.1) is 6.26 Å². The zero-order valence-electron chi connectivity index (χ0n) is 8.69. The summed E-state index contributed by atoms with van der Waals surface area (Å²) < 4.78 is 10.5. The Morgan fingerprint density at radius 1 is 1.20 bits per heavy atom. The van der Waals surface area contributed by atoms with Gasteiger partial charge in [0.1, 0.15) is 11.5 Å². The van der Waals surface area contributed by atoms with Crippen LogP contribution in [0.3, 0.4) is 0 Å². The average molecular weight is 201 g/mol. The number of rotatable bonds is 4. The number of hydrogen-bond acceptors (Lipinski definition) is 2. The van der Waals surface area contributed by atoms with Gasteiger partial charge in [-0.05, 0) is 36.8 Å². The van der Waals surface area contributed by atoms with Crippen molar-refractivity contribution in [3.63, 3.8) is 0 Å². The third-order valence-corrected chi connectivity index (χ3v) is 2.14. The second-order valence-corrected chi connectivity index (χ2v) is 3.27. The van der Waals surface area contributed by atoms with E-state index in [4.69, 9.17) is 9.15 Å². The first-order chi connectivity index (χ1) is 7.38. The summed E-state index contributed by atoms with van der Waals surface area (Å²) >= 11 is 0. The van der Waals surface area contributed by atoms with Crippen LogP contribution in [-0.2, 0) is 6.42 Å². The fourth-order valence-electron chi connectivity index (χ4n) is 1.44. The Bertz CT molecular complexity index is 387. The molecule has 0 aliphatic heterocycles. The summed E-state index contributed by atoms with van der Waals surface area (Å²) in [4.78, 5) is 0. The summed E-state index contributed by atoms with van der Waals surface area (Å²) in [5.41, 5.74) is 1.21. The zero-order valence-corrected chi connectivity index (χ0v) is 8.69. The van der Waals surface area contributed by atoms with Crippen molar-refractivity contribution < 1.29 is 9.15 Å². The summed E-state index contributed by atoms with van der Waals surface area (Å²) in [6, 6.07) is 11.8. The van der Waals surface area contributed by atoms with Crippen LogP contribution in [0.2, 0.25) is 0 Å². The molecular formula is C13H13O2. The zero-order chi connectivity index (χ0) is 10.5. The molecule has 0 aliphatic rings. The van der Waals surface area contributed by atoms with Gasteiger partial charge in [0, 0.05) is 6.42 Å². The lowest BCUT2D eigenvalue weighted by Gasteiger charge is -2.03. The van der Waals surface area contributed by atoms with Gasteiger partial charge >= 0.3 is 0 Å². The van der Waals surface area contributed by atoms with Crippen molar-refractivity contribution >= 4 is 0 Å². The first-order valence-corrected chi connectivity index (χ1v) is 5.05. The number of ether oxygens (including phenoxy) is 1. The topological polar surface area (TPSA) is 22.4 Å². The van der Waals surface area contributed by atoms with Gasteiger partial charge in [0.05, 0.1) is 6.61 Å². The van der Waals surface area contributed by atoms with Crippen molar-refractivity contribution in [1.29, 1.82) is 0 Å². The third kappa shape index (κ3) is 2.62. The van der Waals surface area contributed by atoms with E-state index in [0.29, 0.717) is 6.61 Å². The maximum atomic E-state index is 5.37. The summed E-state index contributed by atoms with van der Waals surface area (Å²) in [5.74, 6) is 1.84. The molecule has 0 atom stereocenters. The highest BCUT2D eigenvalue weighted by atomic mass is 16.5. The molecule has 0 unspecified atom stereocenters. The summed E-state index contributed by atoms with van der Waals surface area (Å²) in [5, 5.41) is 0. The molecule has 2 aromatic rings. The van der Waals surface area contributed by atoms with Gasteiger partial charge in [-0.3, -0.25) is 0 Å². The number of benzene rings is 1. The molecule has 0 spiro atoms. The highest BCUT2D eigenvalue weighted by molar-refractivity contribution is 5.29. The van der Waals surface area contributed by atoms with Crippen LogP contribution in [0.25, 0.3) is 0 Å². The van der Waals surface area contributed by atoms with E-state index in [1.54, 1.807) is 6.07 Å². The van der Waals surface area contributed by atoms with Crippen LogP contribution in [-0.4, -0.2) is 6.61 Å². The van der Waals surface area contributed by atoms with E-state index in [2.05, 4.69) is 6.26 Å². The van der Waals surface area contributed by atoms with Crippen molar-refractivity contribution in [3.05, 3.63) is 54.0 Å². The molecule has 2 rings (SSSR count). The average Bonchev–Trinajstić information content (AvgIpc) is 2.74. The lowest BCUT2D eigenvalue weighted by Crippen LogP contribution is -1.91. The van der Waals surface area contributed by atoms with E-state index in [1.807, 2.05) is 37.3 Å². The standard InChI is InChI=1S/C13H13O2/c1-2-14-12-7-5-11(6-8-12)10-13-4-3-9-15-13/h3-8H,2,10H2,1H3. The van der Waals surface area contributed by atoms with E-state index in [-0.39, 0.29) is 0 Å². The second-order valence-electron chi connectivity index (χ2n) is 3.27. The first-order valence-electron chi connectivity index (χ1n) is 5.05. The largest absolute Gasteiger partial charge is 0.494 e. The normalized spacial score (nSPS) is 10.2. The SMILES string of the molecule is CCOc1ccc(Cc2cc[c]o2)cc1. The maximum Gasteiger partial charge on any atom is 0.169 e. The Hall–Kier alpha value is -1.70. The van der Waals surface area contributed by atoms with Crippen LogP contribution in [0.15, 0.2) is 40.8 Å². The van der Waals surface area contributed by atoms with Crippen LogP contribution < -0.4 is 4.74 Å². The van der Waals surface area contributed by atoms with Gasteiger partial charge in [0.15, 0.2) is 6.26 Å². The summed E-state index contributed by atoms with van der Waals surface area (Å²) in [6.45, 7) is 2.68. The van der Waals surface area contributed by atoms with E-state index < -0.39 is 0 Å². The van der Waals surface area contributed by atoms with E-state index in [0.717, 1.165) is 17.9 Å². The van der Waals surface area contributed by atoms with Crippen molar-refractivity contribution in [2.75, 3.05) is 6.61 Å². The van der Waals surface area contributed by atoms with E-state index in [1.165, 1.54) is 5.56 Å². The van der Waals surface area contributed by atoms with Crippen LogP contribution in [0.4, 0.5) is 0 Å². The highest BCUT2D eigenvalue weighted by Gasteiger charge is 1.99. The van der Waals surface area contributed by atoms with Crippen molar-refractivity contribution in [1.82, 2.24) is 0 Å². The molecule has 0 fully saturated rings. The minimum Gasteiger partial charge on any atom is -0.494 e. The molecule has 0 N–H and O–H groups in total. The Morgan fingerprint density at radius 2 is 2.00 bits per heavy atom. The fraction of sp³-hybridized carbons (Fsp3) is 0.231. The summed E-state index contributed by atoms with van der Waals surface area (Å²) in [6.07, 6.45) is 3.48. The van der Waals surface area contributed by atoms with Crippen LogP contribution in [0.5, 0.6) is 5.75 Å². The predicted octanol–water partition coefficient (Wildman–Crippen LogP) is 3.07. The number of hydrogen-bond donors (Lipinski definition) is 0. The van der Waals surface area contributed by atoms with Crippen LogP contribution >= 0.6 is 0 Å². The molecule has 1 aromatic carbocycles. The van der Waals surface area contributed by atoms with Gasteiger partial charge in [-0.2, -0.15) is 0 Å². The van der Waals surface area contributed by atoms with Crippen molar-refractivity contribution in [2.24, 2.45) is 0 Å². The molecular weight excluding hydrogens is 188 g/mol. The second kappa shape index (κ2) is 4.69. The maximum absolute atomic E-state index is 5.37. The molecule has 15 heavy (non-hydrogen) atoms. The van der Waals surface area contributed by atoms with Gasteiger partial charge in [-0.25, -0.2) is 0 Å². The van der Waals surface area contributed by atoms with E-state index >= 15 is 0 Å². The molecule has 77 valence electrons. The Balaban J connectivity index is 2.04. The molecule has 0 amide bonds. The summed E-state index contributed by atoms with van der Waals surface area (Å²) in [7, 11) is 0. The van der Waals surface area contributed by atoms with Gasteiger partial charge in [0.2, 0.25) is 0 Å². The highest BCUT2D eigenvalue weighted by Crippen LogP contribution is 2.15. The number of furan rings is 1. The molecule has 0 bridgehead atoms. The van der Waals surface area contributed by atoms with Crippen molar-refractivity contribution in [2.45, 2.75) is 13.3 Å². The smallest absolute Gasteiger partial charge is 0.169 e. The molecule has 1 radical (unpaired) electrons. The molecule has 2 heteroatoms. The third-order valence-electron chi connectivity index (χ3n) is 2.14. The quantitative estimate of drug-likeness (QED) is 0.758. The molecule has 0 aliphatic carbocycles. The first kappa shape index (κ1) is 9.84. The monoisotopic (exact) mass is 201 g/mol. The molecule has 1 heterocycles. The molecule has 1 aromatic heterocycles. The Morgan fingerprint density at radius 3 is 2.60 bits per heavy atom. The van der Waals surface area contributed by atoms with Crippen LogP contribution in [0.1, 0.15) is 18.2 Å². The molecule has 2 nitrogen and oxygen atoms in total. The molecule has 0 saturated carbocycles. The van der Waals surface area contributed by atoms with E-state index in [9.17, 15) is 0 Å². The van der Waals surface area contributed by atoms with Gasteiger partial charge < -0.3 is 9.15 Å².